The fourth-order valence-corrected chi connectivity index (χ4v) is 3.71. The minimum absolute atomic E-state index is 0. The number of halogens is 1. The van der Waals surface area contributed by atoms with Crippen molar-refractivity contribution in [1.82, 2.24) is 25.4 Å². The van der Waals surface area contributed by atoms with Gasteiger partial charge in [-0.25, -0.2) is 0 Å². The monoisotopic (exact) mass is 480 g/mol. The van der Waals surface area contributed by atoms with Crippen molar-refractivity contribution in [2.75, 3.05) is 19.8 Å². The van der Waals surface area contributed by atoms with Crippen LogP contribution in [0, 0.1) is 0 Å². The minimum Gasteiger partial charge on any atom is -0.356 e. The lowest BCUT2D eigenvalue weighted by atomic mass is 10.1. The highest BCUT2D eigenvalue weighted by molar-refractivity contribution is 14.0. The zero-order valence-electron chi connectivity index (χ0n) is 16.1. The summed E-state index contributed by atoms with van der Waals surface area (Å²) < 4.78 is 2.39. The molecule has 0 spiro atoms. The van der Waals surface area contributed by atoms with Crippen molar-refractivity contribution in [3.8, 4) is 0 Å². The average Bonchev–Trinajstić information content (AvgIpc) is 3.17. The molecular weight excluding hydrogens is 447 g/mol. The Morgan fingerprint density at radius 3 is 2.52 bits per heavy atom. The number of aryl methyl sites for hydroxylation is 1. The maximum absolute atomic E-state index is 4.45. The zero-order chi connectivity index (χ0) is 17.6. The van der Waals surface area contributed by atoms with Crippen molar-refractivity contribution in [2.24, 2.45) is 4.99 Å². The van der Waals surface area contributed by atoms with Crippen LogP contribution < -0.4 is 10.6 Å². The lowest BCUT2D eigenvalue weighted by Gasteiger charge is -2.23. The van der Waals surface area contributed by atoms with Crippen LogP contribution in [0.1, 0.15) is 64.7 Å². The number of aromatic nitrogens is 3. The molecule has 8 heteroatoms. The third-order valence-electron chi connectivity index (χ3n) is 4.19. The van der Waals surface area contributed by atoms with Crippen molar-refractivity contribution in [3.63, 3.8) is 0 Å². The van der Waals surface area contributed by atoms with Crippen LogP contribution in [0.15, 0.2) is 10.1 Å². The third-order valence-corrected chi connectivity index (χ3v) is 4.84. The molecule has 1 aromatic heterocycles. The summed E-state index contributed by atoms with van der Waals surface area (Å²) >= 11 is 1.70. The Bertz CT molecular complexity index is 546. The summed E-state index contributed by atoms with van der Waals surface area (Å²) in [4.78, 5) is 4.27. The molecule has 1 saturated carbocycles. The number of hydrogen-bond acceptors (Lipinski definition) is 4. The van der Waals surface area contributed by atoms with Gasteiger partial charge in [-0.05, 0) is 46.3 Å². The molecule has 1 heterocycles. The summed E-state index contributed by atoms with van der Waals surface area (Å²) in [5.41, 5.74) is 0.0116. The van der Waals surface area contributed by atoms with Gasteiger partial charge in [-0.15, -0.1) is 34.2 Å². The SMILES string of the molecule is CN=C(NCCCc1nnc(SC)n1C1CCCC1)NC(C)(C)C.I. The third kappa shape index (κ3) is 6.96. The molecule has 0 bridgehead atoms. The van der Waals surface area contributed by atoms with Crippen molar-refractivity contribution in [2.45, 2.75) is 76.0 Å². The van der Waals surface area contributed by atoms with E-state index < -0.39 is 0 Å². The second-order valence-electron chi connectivity index (χ2n) is 7.39. The summed E-state index contributed by atoms with van der Waals surface area (Å²) in [5.74, 6) is 1.98. The second kappa shape index (κ2) is 10.6. The molecule has 0 amide bonds. The zero-order valence-corrected chi connectivity index (χ0v) is 19.3. The molecule has 2 rings (SSSR count). The Morgan fingerprint density at radius 1 is 1.28 bits per heavy atom. The van der Waals surface area contributed by atoms with Crippen molar-refractivity contribution in [3.05, 3.63) is 5.82 Å². The number of aliphatic imine (C=N–C) groups is 1. The van der Waals surface area contributed by atoms with Crippen LogP contribution in [0.2, 0.25) is 0 Å². The van der Waals surface area contributed by atoms with Gasteiger partial charge in [-0.2, -0.15) is 0 Å². The first-order chi connectivity index (χ1) is 11.4. The lowest BCUT2D eigenvalue weighted by Crippen LogP contribution is -2.47. The summed E-state index contributed by atoms with van der Waals surface area (Å²) in [5, 5.41) is 16.6. The maximum Gasteiger partial charge on any atom is 0.191 e. The van der Waals surface area contributed by atoms with Gasteiger partial charge >= 0.3 is 0 Å². The Kier molecular flexibility index (Phi) is 9.55. The molecule has 0 radical (unpaired) electrons. The average molecular weight is 480 g/mol. The maximum atomic E-state index is 4.45. The fourth-order valence-electron chi connectivity index (χ4n) is 3.13. The molecule has 1 aliphatic carbocycles. The first kappa shape index (κ1) is 22.5. The molecule has 0 atom stereocenters. The van der Waals surface area contributed by atoms with Gasteiger partial charge in [0.1, 0.15) is 5.82 Å². The predicted molar refractivity (Wildman–Crippen MR) is 117 cm³/mol. The molecule has 0 unspecified atom stereocenters. The van der Waals surface area contributed by atoms with Gasteiger partial charge in [0.05, 0.1) is 0 Å². The molecule has 25 heavy (non-hydrogen) atoms. The van der Waals surface area contributed by atoms with E-state index in [1.807, 2.05) is 7.05 Å². The van der Waals surface area contributed by atoms with Gasteiger partial charge in [0, 0.05) is 31.6 Å². The fraction of sp³-hybridized carbons (Fsp3) is 0.824. The van der Waals surface area contributed by atoms with Gasteiger partial charge < -0.3 is 15.2 Å². The summed E-state index contributed by atoms with van der Waals surface area (Å²) in [6.07, 6.45) is 9.23. The van der Waals surface area contributed by atoms with Gasteiger partial charge in [-0.1, -0.05) is 24.6 Å². The van der Waals surface area contributed by atoms with E-state index in [0.29, 0.717) is 6.04 Å². The number of thioether (sulfide) groups is 1. The second-order valence-corrected chi connectivity index (χ2v) is 8.16. The molecule has 2 N–H and O–H groups in total. The number of nitrogens with one attached hydrogen (secondary N) is 2. The van der Waals surface area contributed by atoms with E-state index in [1.165, 1.54) is 25.7 Å². The molecular formula is C17H33IN6S. The highest BCUT2D eigenvalue weighted by atomic mass is 127. The molecule has 1 aliphatic rings. The van der Waals surface area contributed by atoms with E-state index in [2.05, 4.69) is 57.4 Å². The molecule has 0 aromatic carbocycles. The molecule has 0 saturated heterocycles. The van der Waals surface area contributed by atoms with E-state index in [9.17, 15) is 0 Å². The summed E-state index contributed by atoms with van der Waals surface area (Å²) in [6.45, 7) is 7.28. The molecule has 1 fully saturated rings. The number of nitrogens with zero attached hydrogens (tertiary/aromatic N) is 4. The highest BCUT2D eigenvalue weighted by Gasteiger charge is 2.23. The number of hydrogen-bond donors (Lipinski definition) is 2. The van der Waals surface area contributed by atoms with E-state index in [1.54, 1.807) is 11.8 Å². The van der Waals surface area contributed by atoms with Crippen LogP contribution in [0.5, 0.6) is 0 Å². The van der Waals surface area contributed by atoms with E-state index >= 15 is 0 Å². The summed E-state index contributed by atoms with van der Waals surface area (Å²) in [6, 6.07) is 0.598. The number of guanidine groups is 1. The highest BCUT2D eigenvalue weighted by Crippen LogP contribution is 2.33. The van der Waals surface area contributed by atoms with Crippen LogP contribution in [0.4, 0.5) is 0 Å². The molecule has 6 nitrogen and oxygen atoms in total. The quantitative estimate of drug-likeness (QED) is 0.214. The normalized spacial score (nSPS) is 16.0. The molecule has 0 aliphatic heterocycles. The Hall–Kier alpha value is -0.510. The first-order valence-corrected chi connectivity index (χ1v) is 10.1. The van der Waals surface area contributed by atoms with Crippen LogP contribution in [-0.2, 0) is 6.42 Å². The number of rotatable bonds is 6. The van der Waals surface area contributed by atoms with Gasteiger partial charge in [-0.3, -0.25) is 4.99 Å². The largest absolute Gasteiger partial charge is 0.356 e. The van der Waals surface area contributed by atoms with Crippen LogP contribution in [-0.4, -0.2) is 46.1 Å². The minimum atomic E-state index is 0. The predicted octanol–water partition coefficient (Wildman–Crippen LogP) is 3.63. The Balaban J connectivity index is 0.00000312. The standard InChI is InChI=1S/C17H32N6S.HI/c1-17(2,3)20-15(18-4)19-12-8-11-14-21-22-16(24-5)23(14)13-9-6-7-10-13;/h13H,6-12H2,1-5H3,(H2,18,19,20);1H. The van der Waals surface area contributed by atoms with E-state index in [0.717, 1.165) is 36.3 Å². The summed E-state index contributed by atoms with van der Waals surface area (Å²) in [7, 11) is 1.81. The van der Waals surface area contributed by atoms with Crippen molar-refractivity contribution < 1.29 is 0 Å². The van der Waals surface area contributed by atoms with Crippen molar-refractivity contribution in [1.29, 1.82) is 0 Å². The Morgan fingerprint density at radius 2 is 1.96 bits per heavy atom. The topological polar surface area (TPSA) is 67.1 Å². The smallest absolute Gasteiger partial charge is 0.191 e. The molecule has 144 valence electrons. The van der Waals surface area contributed by atoms with Crippen LogP contribution in [0.25, 0.3) is 0 Å². The molecule has 1 aromatic rings. The Labute approximate surface area is 173 Å². The lowest BCUT2D eigenvalue weighted by molar-refractivity contribution is 0.460. The van der Waals surface area contributed by atoms with Crippen LogP contribution >= 0.6 is 35.7 Å². The van der Waals surface area contributed by atoms with Gasteiger partial charge in [0.15, 0.2) is 11.1 Å². The van der Waals surface area contributed by atoms with Gasteiger partial charge in [0.2, 0.25) is 0 Å². The van der Waals surface area contributed by atoms with E-state index in [4.69, 9.17) is 0 Å². The first-order valence-electron chi connectivity index (χ1n) is 8.91. The van der Waals surface area contributed by atoms with Crippen LogP contribution in [0.3, 0.4) is 0 Å². The van der Waals surface area contributed by atoms with E-state index in [-0.39, 0.29) is 29.5 Å². The van der Waals surface area contributed by atoms with Gasteiger partial charge in [0.25, 0.3) is 0 Å². The van der Waals surface area contributed by atoms with Crippen molar-refractivity contribution >= 4 is 41.7 Å².